The number of aliphatic imine (C=N–C) groups is 1. The standard InChI is InChI=1S/C12H15N3/c1-8-2-4-9(5-3-8)12-14-10-6-13-7-11(10)15-12/h2-5,10-11,13H,6-7H2,1H3,(H,14,15). The third-order valence-corrected chi connectivity index (χ3v) is 3.12. The molecular weight excluding hydrogens is 186 g/mol. The molecule has 1 aromatic rings. The number of benzene rings is 1. The van der Waals surface area contributed by atoms with Crippen LogP contribution in [-0.2, 0) is 0 Å². The van der Waals surface area contributed by atoms with Gasteiger partial charge in [-0.3, -0.25) is 4.99 Å². The number of amidine groups is 1. The Morgan fingerprint density at radius 1 is 1.20 bits per heavy atom. The summed E-state index contributed by atoms with van der Waals surface area (Å²) in [5, 5.41) is 6.81. The SMILES string of the molecule is Cc1ccc(C2=NC3CNCC3N2)cc1. The van der Waals surface area contributed by atoms with E-state index in [1.165, 1.54) is 11.1 Å². The Bertz CT molecular complexity index is 394. The quantitative estimate of drug-likeness (QED) is 0.701. The Balaban J connectivity index is 1.87. The van der Waals surface area contributed by atoms with E-state index < -0.39 is 0 Å². The van der Waals surface area contributed by atoms with Crippen LogP contribution in [0.3, 0.4) is 0 Å². The van der Waals surface area contributed by atoms with E-state index in [9.17, 15) is 0 Å². The fourth-order valence-electron chi connectivity index (χ4n) is 2.20. The Morgan fingerprint density at radius 2 is 2.00 bits per heavy atom. The van der Waals surface area contributed by atoms with Crippen LogP contribution in [-0.4, -0.2) is 31.0 Å². The van der Waals surface area contributed by atoms with E-state index in [1.807, 2.05) is 0 Å². The first-order valence-corrected chi connectivity index (χ1v) is 5.45. The van der Waals surface area contributed by atoms with Gasteiger partial charge in [0.05, 0.1) is 12.1 Å². The van der Waals surface area contributed by atoms with Crippen LogP contribution in [0.4, 0.5) is 0 Å². The maximum atomic E-state index is 4.69. The van der Waals surface area contributed by atoms with Gasteiger partial charge in [-0.1, -0.05) is 29.8 Å². The molecule has 1 aromatic carbocycles. The first-order valence-electron chi connectivity index (χ1n) is 5.45. The second-order valence-electron chi connectivity index (χ2n) is 4.32. The summed E-state index contributed by atoms with van der Waals surface area (Å²) in [5.74, 6) is 1.06. The summed E-state index contributed by atoms with van der Waals surface area (Å²) in [5.41, 5.74) is 2.49. The van der Waals surface area contributed by atoms with E-state index in [0.29, 0.717) is 12.1 Å². The number of hydrogen-bond acceptors (Lipinski definition) is 3. The van der Waals surface area contributed by atoms with E-state index in [1.54, 1.807) is 0 Å². The van der Waals surface area contributed by atoms with Gasteiger partial charge in [-0.05, 0) is 6.92 Å². The Morgan fingerprint density at radius 3 is 2.73 bits per heavy atom. The van der Waals surface area contributed by atoms with Gasteiger partial charge in [-0.2, -0.15) is 0 Å². The van der Waals surface area contributed by atoms with E-state index in [2.05, 4.69) is 41.8 Å². The van der Waals surface area contributed by atoms with Crippen molar-refractivity contribution in [3.05, 3.63) is 35.4 Å². The maximum absolute atomic E-state index is 4.69. The molecule has 0 aromatic heterocycles. The van der Waals surface area contributed by atoms with Crippen LogP contribution in [0, 0.1) is 6.92 Å². The van der Waals surface area contributed by atoms with E-state index >= 15 is 0 Å². The van der Waals surface area contributed by atoms with Crippen molar-refractivity contribution >= 4 is 5.84 Å². The molecule has 1 saturated heterocycles. The zero-order chi connectivity index (χ0) is 10.3. The van der Waals surface area contributed by atoms with Crippen LogP contribution >= 0.6 is 0 Å². The molecular formula is C12H15N3. The molecule has 3 rings (SSSR count). The van der Waals surface area contributed by atoms with Crippen LogP contribution in [0.2, 0.25) is 0 Å². The van der Waals surface area contributed by atoms with Crippen molar-refractivity contribution in [2.75, 3.05) is 13.1 Å². The number of rotatable bonds is 1. The minimum absolute atomic E-state index is 0.432. The van der Waals surface area contributed by atoms with Crippen LogP contribution in [0.1, 0.15) is 11.1 Å². The van der Waals surface area contributed by atoms with Crippen LogP contribution in [0.15, 0.2) is 29.3 Å². The lowest BCUT2D eigenvalue weighted by Gasteiger charge is -2.08. The Hall–Kier alpha value is -1.35. The first kappa shape index (κ1) is 8.92. The molecule has 1 fully saturated rings. The van der Waals surface area contributed by atoms with Crippen molar-refractivity contribution in [3.63, 3.8) is 0 Å². The fourth-order valence-corrected chi connectivity index (χ4v) is 2.20. The largest absolute Gasteiger partial charge is 0.364 e. The third-order valence-electron chi connectivity index (χ3n) is 3.12. The van der Waals surface area contributed by atoms with Crippen LogP contribution < -0.4 is 10.6 Å². The molecule has 0 spiro atoms. The van der Waals surface area contributed by atoms with Crippen LogP contribution in [0.5, 0.6) is 0 Å². The van der Waals surface area contributed by atoms with Gasteiger partial charge in [0.25, 0.3) is 0 Å². The molecule has 0 saturated carbocycles. The highest BCUT2D eigenvalue weighted by Gasteiger charge is 2.32. The molecule has 2 atom stereocenters. The minimum Gasteiger partial charge on any atom is -0.364 e. The zero-order valence-corrected chi connectivity index (χ0v) is 8.83. The van der Waals surface area contributed by atoms with E-state index in [4.69, 9.17) is 4.99 Å². The topological polar surface area (TPSA) is 36.4 Å². The maximum Gasteiger partial charge on any atom is 0.128 e. The molecule has 0 radical (unpaired) electrons. The second kappa shape index (κ2) is 3.35. The lowest BCUT2D eigenvalue weighted by Crippen LogP contribution is -2.35. The zero-order valence-electron chi connectivity index (χ0n) is 8.83. The van der Waals surface area contributed by atoms with Crippen molar-refractivity contribution < 1.29 is 0 Å². The van der Waals surface area contributed by atoms with Gasteiger partial charge in [0, 0.05) is 18.7 Å². The smallest absolute Gasteiger partial charge is 0.128 e. The lowest BCUT2D eigenvalue weighted by atomic mass is 10.1. The summed E-state index contributed by atoms with van der Waals surface area (Å²) in [6.07, 6.45) is 0. The first-order chi connectivity index (χ1) is 7.33. The summed E-state index contributed by atoms with van der Waals surface area (Å²) in [6, 6.07) is 9.46. The van der Waals surface area contributed by atoms with Crippen molar-refractivity contribution in [2.45, 2.75) is 19.0 Å². The fraction of sp³-hybridized carbons (Fsp3) is 0.417. The van der Waals surface area contributed by atoms with E-state index in [0.717, 1.165) is 18.9 Å². The Kier molecular flexibility index (Phi) is 1.99. The lowest BCUT2D eigenvalue weighted by molar-refractivity contribution is 0.637. The second-order valence-corrected chi connectivity index (χ2v) is 4.32. The van der Waals surface area contributed by atoms with Gasteiger partial charge in [-0.15, -0.1) is 0 Å². The van der Waals surface area contributed by atoms with Crippen molar-refractivity contribution in [1.29, 1.82) is 0 Å². The summed E-state index contributed by atoms with van der Waals surface area (Å²) < 4.78 is 0. The predicted molar refractivity (Wildman–Crippen MR) is 61.3 cm³/mol. The third kappa shape index (κ3) is 1.53. The van der Waals surface area contributed by atoms with Gasteiger partial charge < -0.3 is 10.6 Å². The number of hydrogen-bond donors (Lipinski definition) is 2. The molecule has 3 nitrogen and oxygen atoms in total. The summed E-state index contributed by atoms with van der Waals surface area (Å²) in [4.78, 5) is 4.69. The highest BCUT2D eigenvalue weighted by atomic mass is 15.2. The molecule has 2 N–H and O–H groups in total. The highest BCUT2D eigenvalue weighted by Crippen LogP contribution is 2.15. The van der Waals surface area contributed by atoms with Gasteiger partial charge in [0.2, 0.25) is 0 Å². The monoisotopic (exact) mass is 201 g/mol. The van der Waals surface area contributed by atoms with Crippen LogP contribution in [0.25, 0.3) is 0 Å². The minimum atomic E-state index is 0.432. The van der Waals surface area contributed by atoms with Gasteiger partial charge in [0.15, 0.2) is 0 Å². The number of nitrogens with one attached hydrogen (secondary N) is 2. The van der Waals surface area contributed by atoms with Gasteiger partial charge in [0.1, 0.15) is 5.84 Å². The molecule has 15 heavy (non-hydrogen) atoms. The molecule has 0 aliphatic carbocycles. The van der Waals surface area contributed by atoms with Gasteiger partial charge in [-0.25, -0.2) is 0 Å². The molecule has 78 valence electrons. The molecule has 2 unspecified atom stereocenters. The predicted octanol–water partition coefficient (Wildman–Crippen LogP) is 0.685. The average molecular weight is 201 g/mol. The molecule has 3 heteroatoms. The molecule has 2 aliphatic rings. The highest BCUT2D eigenvalue weighted by molar-refractivity contribution is 6.00. The van der Waals surface area contributed by atoms with Crippen molar-refractivity contribution in [2.24, 2.45) is 4.99 Å². The van der Waals surface area contributed by atoms with E-state index in [-0.39, 0.29) is 0 Å². The van der Waals surface area contributed by atoms with Crippen molar-refractivity contribution in [1.82, 2.24) is 10.6 Å². The summed E-state index contributed by atoms with van der Waals surface area (Å²) >= 11 is 0. The Labute approximate surface area is 89.6 Å². The average Bonchev–Trinajstić information content (AvgIpc) is 2.78. The number of fused-ring (bicyclic) bond motifs is 1. The molecule has 2 aliphatic heterocycles. The summed E-state index contributed by atoms with van der Waals surface area (Å²) in [6.45, 7) is 4.14. The van der Waals surface area contributed by atoms with Crippen molar-refractivity contribution in [3.8, 4) is 0 Å². The van der Waals surface area contributed by atoms with Gasteiger partial charge >= 0.3 is 0 Å². The molecule has 0 bridgehead atoms. The molecule has 2 heterocycles. The normalized spacial score (nSPS) is 28.5. The summed E-state index contributed by atoms with van der Waals surface area (Å²) in [7, 11) is 0. The number of nitrogens with zero attached hydrogens (tertiary/aromatic N) is 1. The molecule has 0 amide bonds. The number of aryl methyl sites for hydroxylation is 1.